The normalized spacial score (nSPS) is 11.6. The molecule has 0 aliphatic rings. The van der Waals surface area contributed by atoms with Crippen LogP contribution in [0.5, 0.6) is 5.75 Å². The van der Waals surface area contributed by atoms with Crippen LogP contribution in [0.3, 0.4) is 0 Å². The van der Waals surface area contributed by atoms with Gasteiger partial charge in [0.2, 0.25) is 0 Å². The molecule has 0 radical (unpaired) electrons. The molecule has 2 N–H and O–H groups in total. The smallest absolute Gasteiger partial charge is 0.333 e. The second-order valence-electron chi connectivity index (χ2n) is 7.87. The monoisotopic (exact) mass is 506 g/mol. The standard InChI is InChI=1S/C26H35FN2O5S/c1-3-17-35-18-5-14-29(26(32)28-22-10-8-21(27)9-11-22)15-16-34-23-12-6-20(7-13-23)19-24(25(30)31)33-4-2/h6-13,24H,3-5,14-19H2,1-2H3,(H,28,32)(H,30,31). The molecule has 1 unspecified atom stereocenters. The molecule has 7 nitrogen and oxygen atoms in total. The molecule has 2 aromatic rings. The van der Waals surface area contributed by atoms with Gasteiger partial charge in [-0.25, -0.2) is 14.0 Å². The third-order valence-corrected chi connectivity index (χ3v) is 6.34. The molecule has 2 rings (SSSR count). The number of halogens is 1. The summed E-state index contributed by atoms with van der Waals surface area (Å²) in [6.07, 6.45) is 1.38. The Balaban J connectivity index is 1.89. The van der Waals surface area contributed by atoms with E-state index in [9.17, 15) is 19.1 Å². The summed E-state index contributed by atoms with van der Waals surface area (Å²) in [5, 5.41) is 12.1. The van der Waals surface area contributed by atoms with Gasteiger partial charge in [0, 0.05) is 25.3 Å². The molecule has 0 heterocycles. The predicted molar refractivity (Wildman–Crippen MR) is 138 cm³/mol. The summed E-state index contributed by atoms with van der Waals surface area (Å²) in [4.78, 5) is 25.8. The lowest BCUT2D eigenvalue weighted by Crippen LogP contribution is -2.38. The number of hydrogen-bond donors (Lipinski definition) is 2. The third kappa shape index (κ3) is 11.0. The van der Waals surface area contributed by atoms with Crippen molar-refractivity contribution in [3.63, 3.8) is 0 Å². The van der Waals surface area contributed by atoms with Crippen molar-refractivity contribution >= 4 is 29.4 Å². The maximum atomic E-state index is 13.2. The Morgan fingerprint density at radius 2 is 1.77 bits per heavy atom. The van der Waals surface area contributed by atoms with Gasteiger partial charge in [-0.15, -0.1) is 0 Å². The maximum Gasteiger partial charge on any atom is 0.333 e. The molecule has 0 aromatic heterocycles. The van der Waals surface area contributed by atoms with Crippen LogP contribution in [-0.2, 0) is 16.0 Å². The zero-order chi connectivity index (χ0) is 25.5. The molecule has 9 heteroatoms. The van der Waals surface area contributed by atoms with E-state index in [1.54, 1.807) is 24.0 Å². The number of carboxylic acids is 1. The maximum absolute atomic E-state index is 13.2. The van der Waals surface area contributed by atoms with E-state index in [1.165, 1.54) is 24.3 Å². The van der Waals surface area contributed by atoms with Crippen LogP contribution in [0.1, 0.15) is 32.3 Å². The number of anilines is 1. The number of urea groups is 1. The quantitative estimate of drug-likeness (QED) is 0.300. The van der Waals surface area contributed by atoms with Crippen LogP contribution in [-0.4, -0.2) is 65.9 Å². The first kappa shape index (κ1) is 28.5. The van der Waals surface area contributed by atoms with E-state index in [-0.39, 0.29) is 18.3 Å². The van der Waals surface area contributed by atoms with Gasteiger partial charge in [-0.1, -0.05) is 19.1 Å². The zero-order valence-electron chi connectivity index (χ0n) is 20.4. The van der Waals surface area contributed by atoms with E-state index in [0.717, 1.165) is 29.9 Å². The highest BCUT2D eigenvalue weighted by molar-refractivity contribution is 7.99. The van der Waals surface area contributed by atoms with E-state index in [1.807, 2.05) is 23.9 Å². The Hall–Kier alpha value is -2.78. The number of rotatable bonds is 16. The Kier molecular flexibility index (Phi) is 13.0. The van der Waals surface area contributed by atoms with Crippen LogP contribution in [0.4, 0.5) is 14.9 Å². The van der Waals surface area contributed by atoms with Crippen molar-refractivity contribution in [2.45, 2.75) is 39.2 Å². The number of benzene rings is 2. The fraction of sp³-hybridized carbons (Fsp3) is 0.462. The summed E-state index contributed by atoms with van der Waals surface area (Å²) < 4.78 is 24.2. The summed E-state index contributed by atoms with van der Waals surface area (Å²) >= 11 is 1.87. The topological polar surface area (TPSA) is 88.1 Å². The first-order valence-corrected chi connectivity index (χ1v) is 13.0. The molecule has 0 saturated carbocycles. The van der Waals surface area contributed by atoms with Crippen LogP contribution >= 0.6 is 11.8 Å². The third-order valence-electron chi connectivity index (χ3n) is 5.07. The molecule has 0 aliphatic heterocycles. The number of thioether (sulfide) groups is 1. The molecule has 0 bridgehead atoms. The van der Waals surface area contributed by atoms with Gasteiger partial charge >= 0.3 is 12.0 Å². The summed E-state index contributed by atoms with van der Waals surface area (Å²) in [6, 6.07) is 12.6. The van der Waals surface area contributed by atoms with Crippen molar-refractivity contribution in [2.75, 3.05) is 43.1 Å². The van der Waals surface area contributed by atoms with E-state index in [2.05, 4.69) is 12.2 Å². The van der Waals surface area contributed by atoms with Crippen molar-refractivity contribution in [3.8, 4) is 5.75 Å². The van der Waals surface area contributed by atoms with Gasteiger partial charge in [0.1, 0.15) is 18.2 Å². The fourth-order valence-electron chi connectivity index (χ4n) is 3.28. The number of carbonyl (C=O) groups is 2. The fourth-order valence-corrected chi connectivity index (χ4v) is 4.11. The summed E-state index contributed by atoms with van der Waals surface area (Å²) in [7, 11) is 0. The lowest BCUT2D eigenvalue weighted by molar-refractivity contribution is -0.149. The van der Waals surface area contributed by atoms with E-state index in [0.29, 0.717) is 37.7 Å². The van der Waals surface area contributed by atoms with Crippen molar-refractivity contribution in [1.29, 1.82) is 0 Å². The number of carboxylic acid groups (broad SMARTS) is 1. The number of nitrogens with zero attached hydrogens (tertiary/aromatic N) is 1. The zero-order valence-corrected chi connectivity index (χ0v) is 21.2. The second kappa shape index (κ2) is 16.0. The number of ether oxygens (including phenoxy) is 2. The van der Waals surface area contributed by atoms with Gasteiger partial charge in [-0.3, -0.25) is 0 Å². The number of hydrogen-bond acceptors (Lipinski definition) is 5. The highest BCUT2D eigenvalue weighted by Gasteiger charge is 2.18. The predicted octanol–water partition coefficient (Wildman–Crippen LogP) is 5.30. The summed E-state index contributed by atoms with van der Waals surface area (Å²) in [5.74, 6) is 1.35. The Labute approximate surface area is 211 Å². The average Bonchev–Trinajstić information content (AvgIpc) is 2.84. The highest BCUT2D eigenvalue weighted by atomic mass is 32.2. The molecule has 2 amide bonds. The van der Waals surface area contributed by atoms with Gasteiger partial charge < -0.3 is 24.8 Å². The first-order chi connectivity index (χ1) is 16.9. The van der Waals surface area contributed by atoms with E-state index >= 15 is 0 Å². The van der Waals surface area contributed by atoms with Gasteiger partial charge in [-0.05, 0) is 73.2 Å². The van der Waals surface area contributed by atoms with Crippen LogP contribution in [0.15, 0.2) is 48.5 Å². The molecule has 0 spiro atoms. The number of carbonyl (C=O) groups excluding carboxylic acids is 1. The molecular weight excluding hydrogens is 471 g/mol. The second-order valence-corrected chi connectivity index (χ2v) is 9.09. The van der Waals surface area contributed by atoms with Crippen molar-refractivity contribution in [2.24, 2.45) is 0 Å². The lowest BCUT2D eigenvalue weighted by atomic mass is 10.1. The average molecular weight is 507 g/mol. The van der Waals surface area contributed by atoms with Gasteiger partial charge in [0.25, 0.3) is 0 Å². The van der Waals surface area contributed by atoms with Crippen molar-refractivity contribution in [1.82, 2.24) is 4.90 Å². The molecule has 192 valence electrons. The van der Waals surface area contributed by atoms with E-state index < -0.39 is 12.1 Å². The van der Waals surface area contributed by atoms with Crippen LogP contribution in [0.2, 0.25) is 0 Å². The molecule has 0 aliphatic carbocycles. The lowest BCUT2D eigenvalue weighted by Gasteiger charge is -2.23. The Morgan fingerprint density at radius 3 is 2.40 bits per heavy atom. The van der Waals surface area contributed by atoms with Crippen LogP contribution in [0.25, 0.3) is 0 Å². The van der Waals surface area contributed by atoms with Gasteiger partial charge in [0.15, 0.2) is 6.10 Å². The SMILES string of the molecule is CCCSCCCN(CCOc1ccc(CC(OCC)C(=O)O)cc1)C(=O)Nc1ccc(F)cc1. The molecule has 0 fully saturated rings. The number of amides is 2. The Morgan fingerprint density at radius 1 is 1.06 bits per heavy atom. The largest absolute Gasteiger partial charge is 0.492 e. The Bertz CT molecular complexity index is 896. The number of aliphatic carboxylic acids is 1. The minimum atomic E-state index is -0.987. The van der Waals surface area contributed by atoms with Gasteiger partial charge in [-0.2, -0.15) is 11.8 Å². The van der Waals surface area contributed by atoms with Crippen LogP contribution in [0, 0.1) is 5.82 Å². The summed E-state index contributed by atoms with van der Waals surface area (Å²) in [5.41, 5.74) is 1.37. The van der Waals surface area contributed by atoms with Gasteiger partial charge in [0.05, 0.1) is 6.54 Å². The van der Waals surface area contributed by atoms with Crippen molar-refractivity contribution < 1.29 is 28.6 Å². The first-order valence-electron chi connectivity index (χ1n) is 11.9. The number of nitrogens with one attached hydrogen (secondary N) is 1. The summed E-state index contributed by atoms with van der Waals surface area (Å²) in [6.45, 7) is 5.51. The van der Waals surface area contributed by atoms with Crippen molar-refractivity contribution in [3.05, 3.63) is 59.9 Å². The minimum Gasteiger partial charge on any atom is -0.492 e. The highest BCUT2D eigenvalue weighted by Crippen LogP contribution is 2.15. The van der Waals surface area contributed by atoms with E-state index in [4.69, 9.17) is 9.47 Å². The molecule has 2 aromatic carbocycles. The molecule has 0 saturated heterocycles. The minimum absolute atomic E-state index is 0.258. The molecule has 35 heavy (non-hydrogen) atoms. The molecule has 1 atom stereocenters. The molecular formula is C26H35FN2O5S. The van der Waals surface area contributed by atoms with Crippen LogP contribution < -0.4 is 10.1 Å².